The van der Waals surface area contributed by atoms with Crippen molar-refractivity contribution >= 4 is 11.8 Å². The lowest BCUT2D eigenvalue weighted by Gasteiger charge is -2.35. The molecule has 0 aromatic heterocycles. The van der Waals surface area contributed by atoms with Gasteiger partial charge in [0.1, 0.15) is 12.6 Å². The van der Waals surface area contributed by atoms with Crippen molar-refractivity contribution in [3.63, 3.8) is 0 Å². The predicted octanol–water partition coefficient (Wildman–Crippen LogP) is 0.00560. The van der Waals surface area contributed by atoms with Crippen molar-refractivity contribution < 1.29 is 9.59 Å². The highest BCUT2D eigenvalue weighted by molar-refractivity contribution is 5.95. The van der Waals surface area contributed by atoms with Gasteiger partial charge in [0, 0.05) is 13.1 Å². The zero-order valence-electron chi connectivity index (χ0n) is 8.11. The van der Waals surface area contributed by atoms with Crippen LogP contribution in [-0.2, 0) is 9.59 Å². The van der Waals surface area contributed by atoms with Gasteiger partial charge in [0.25, 0.3) is 0 Å². The average molecular weight is 194 g/mol. The van der Waals surface area contributed by atoms with Crippen molar-refractivity contribution in [2.45, 2.75) is 18.9 Å². The summed E-state index contributed by atoms with van der Waals surface area (Å²) in [6, 6.07) is -0.184. The molecule has 0 aromatic carbocycles. The standard InChI is InChI=1S/C10H14N2O2/c1-2-5-11-7-9(13)12-6-3-4-8(12)10(11)14/h2,8H,1,3-7H2/t8-/m0/s1. The normalized spacial score (nSPS) is 26.7. The molecule has 0 aromatic rings. The lowest BCUT2D eigenvalue weighted by atomic mass is 10.1. The first-order valence-electron chi connectivity index (χ1n) is 4.93. The number of amides is 2. The van der Waals surface area contributed by atoms with E-state index >= 15 is 0 Å². The Morgan fingerprint density at radius 1 is 1.50 bits per heavy atom. The number of piperazine rings is 1. The first-order valence-corrected chi connectivity index (χ1v) is 4.93. The fourth-order valence-corrected chi connectivity index (χ4v) is 2.18. The van der Waals surface area contributed by atoms with E-state index in [1.54, 1.807) is 15.9 Å². The number of carbonyl (C=O) groups is 2. The van der Waals surface area contributed by atoms with E-state index in [1.807, 2.05) is 0 Å². The van der Waals surface area contributed by atoms with E-state index in [0.717, 1.165) is 19.4 Å². The van der Waals surface area contributed by atoms with E-state index < -0.39 is 0 Å². The summed E-state index contributed by atoms with van der Waals surface area (Å²) in [6.07, 6.45) is 3.43. The van der Waals surface area contributed by atoms with Gasteiger partial charge in [0.2, 0.25) is 11.8 Å². The molecule has 0 unspecified atom stereocenters. The van der Waals surface area contributed by atoms with Crippen LogP contribution in [-0.4, -0.2) is 47.3 Å². The Balaban J connectivity index is 2.16. The summed E-state index contributed by atoms with van der Waals surface area (Å²) in [7, 11) is 0. The van der Waals surface area contributed by atoms with Crippen molar-refractivity contribution in [3.05, 3.63) is 12.7 Å². The van der Waals surface area contributed by atoms with E-state index in [2.05, 4.69) is 6.58 Å². The smallest absolute Gasteiger partial charge is 0.246 e. The third-order valence-corrected chi connectivity index (χ3v) is 2.85. The van der Waals surface area contributed by atoms with Crippen molar-refractivity contribution in [3.8, 4) is 0 Å². The predicted molar refractivity (Wildman–Crippen MR) is 51.5 cm³/mol. The monoisotopic (exact) mass is 194 g/mol. The maximum Gasteiger partial charge on any atom is 0.246 e. The summed E-state index contributed by atoms with van der Waals surface area (Å²) in [6.45, 7) is 5.03. The Bertz CT molecular complexity index is 288. The molecule has 14 heavy (non-hydrogen) atoms. The van der Waals surface area contributed by atoms with Crippen LogP contribution in [0, 0.1) is 0 Å². The van der Waals surface area contributed by atoms with Crippen LogP contribution in [0.15, 0.2) is 12.7 Å². The topological polar surface area (TPSA) is 40.6 Å². The first kappa shape index (κ1) is 9.24. The third kappa shape index (κ3) is 1.31. The maximum atomic E-state index is 11.8. The first-order chi connectivity index (χ1) is 6.74. The number of nitrogens with zero attached hydrogens (tertiary/aromatic N) is 2. The van der Waals surface area contributed by atoms with Crippen molar-refractivity contribution in [2.24, 2.45) is 0 Å². The van der Waals surface area contributed by atoms with Crippen LogP contribution in [0.1, 0.15) is 12.8 Å². The molecule has 2 rings (SSSR count). The lowest BCUT2D eigenvalue weighted by Crippen LogP contribution is -2.57. The van der Waals surface area contributed by atoms with Crippen LogP contribution in [0.4, 0.5) is 0 Å². The van der Waals surface area contributed by atoms with Crippen molar-refractivity contribution in [1.29, 1.82) is 0 Å². The van der Waals surface area contributed by atoms with Crippen LogP contribution >= 0.6 is 0 Å². The summed E-state index contributed by atoms with van der Waals surface area (Å²) in [5.41, 5.74) is 0. The highest BCUT2D eigenvalue weighted by Crippen LogP contribution is 2.23. The van der Waals surface area contributed by atoms with Gasteiger partial charge in [-0.3, -0.25) is 9.59 Å². The van der Waals surface area contributed by atoms with Crippen molar-refractivity contribution in [1.82, 2.24) is 9.80 Å². The van der Waals surface area contributed by atoms with E-state index in [9.17, 15) is 9.59 Å². The SMILES string of the molecule is C=CCN1CC(=O)N2CCC[C@H]2C1=O. The molecule has 2 amide bonds. The van der Waals surface area contributed by atoms with Crippen LogP contribution < -0.4 is 0 Å². The Kier molecular flexibility index (Phi) is 2.27. The Morgan fingerprint density at radius 2 is 2.29 bits per heavy atom. The fourth-order valence-electron chi connectivity index (χ4n) is 2.18. The summed E-state index contributed by atoms with van der Waals surface area (Å²) in [4.78, 5) is 26.7. The van der Waals surface area contributed by atoms with E-state index in [-0.39, 0.29) is 24.4 Å². The Hall–Kier alpha value is -1.32. The highest BCUT2D eigenvalue weighted by Gasteiger charge is 2.41. The second-order valence-corrected chi connectivity index (χ2v) is 3.75. The summed E-state index contributed by atoms with van der Waals surface area (Å²) >= 11 is 0. The van der Waals surface area contributed by atoms with Gasteiger partial charge >= 0.3 is 0 Å². The minimum atomic E-state index is -0.184. The molecule has 0 bridgehead atoms. The molecule has 0 spiro atoms. The zero-order chi connectivity index (χ0) is 10.1. The molecule has 0 radical (unpaired) electrons. The number of carbonyl (C=O) groups excluding carboxylic acids is 2. The molecule has 0 aliphatic carbocycles. The van der Waals surface area contributed by atoms with E-state index in [0.29, 0.717) is 6.54 Å². The molecule has 2 aliphatic heterocycles. The van der Waals surface area contributed by atoms with E-state index in [4.69, 9.17) is 0 Å². The summed E-state index contributed by atoms with van der Waals surface area (Å²) in [5, 5.41) is 0. The molecule has 0 saturated carbocycles. The summed E-state index contributed by atoms with van der Waals surface area (Å²) < 4.78 is 0. The van der Waals surface area contributed by atoms with Gasteiger partial charge in [-0.2, -0.15) is 0 Å². The maximum absolute atomic E-state index is 11.8. The number of rotatable bonds is 2. The minimum Gasteiger partial charge on any atom is -0.329 e. The largest absolute Gasteiger partial charge is 0.329 e. The van der Waals surface area contributed by atoms with Gasteiger partial charge < -0.3 is 9.80 Å². The molecular formula is C10H14N2O2. The van der Waals surface area contributed by atoms with Crippen molar-refractivity contribution in [2.75, 3.05) is 19.6 Å². The van der Waals surface area contributed by atoms with Crippen LogP contribution in [0.2, 0.25) is 0 Å². The van der Waals surface area contributed by atoms with Gasteiger partial charge in [-0.05, 0) is 12.8 Å². The van der Waals surface area contributed by atoms with Gasteiger partial charge in [0.15, 0.2) is 0 Å². The second-order valence-electron chi connectivity index (χ2n) is 3.75. The van der Waals surface area contributed by atoms with Gasteiger partial charge in [-0.15, -0.1) is 6.58 Å². The Labute approximate surface area is 83.2 Å². The van der Waals surface area contributed by atoms with Gasteiger partial charge in [0.05, 0.1) is 0 Å². The van der Waals surface area contributed by atoms with Crippen LogP contribution in [0.3, 0.4) is 0 Å². The molecule has 1 atom stereocenters. The number of hydrogen-bond donors (Lipinski definition) is 0. The van der Waals surface area contributed by atoms with Crippen LogP contribution in [0.5, 0.6) is 0 Å². The van der Waals surface area contributed by atoms with Gasteiger partial charge in [-0.1, -0.05) is 6.08 Å². The third-order valence-electron chi connectivity index (χ3n) is 2.85. The minimum absolute atomic E-state index is 0.0777. The lowest BCUT2D eigenvalue weighted by molar-refractivity contribution is -0.152. The fraction of sp³-hybridized carbons (Fsp3) is 0.600. The molecule has 0 N–H and O–H groups in total. The second kappa shape index (κ2) is 3.44. The summed E-state index contributed by atoms with van der Waals surface area (Å²) in [5.74, 6) is 0.163. The average Bonchev–Trinajstić information content (AvgIpc) is 2.63. The highest BCUT2D eigenvalue weighted by atomic mass is 16.2. The Morgan fingerprint density at radius 3 is 3.00 bits per heavy atom. The molecular weight excluding hydrogens is 180 g/mol. The van der Waals surface area contributed by atoms with Gasteiger partial charge in [-0.25, -0.2) is 0 Å². The molecule has 2 saturated heterocycles. The molecule has 2 aliphatic rings. The molecule has 4 heteroatoms. The number of fused-ring (bicyclic) bond motifs is 1. The quantitative estimate of drug-likeness (QED) is 0.581. The zero-order valence-corrected chi connectivity index (χ0v) is 8.11. The molecule has 4 nitrogen and oxygen atoms in total. The number of hydrogen-bond acceptors (Lipinski definition) is 2. The molecule has 2 fully saturated rings. The van der Waals surface area contributed by atoms with Crippen LogP contribution in [0.25, 0.3) is 0 Å². The molecule has 2 heterocycles. The van der Waals surface area contributed by atoms with E-state index in [1.165, 1.54) is 0 Å². The molecule has 76 valence electrons.